The summed E-state index contributed by atoms with van der Waals surface area (Å²) in [5, 5.41) is 0. The molecule has 2 saturated carbocycles. The zero-order valence-corrected chi connectivity index (χ0v) is 58.5. The summed E-state index contributed by atoms with van der Waals surface area (Å²) >= 11 is 0. The van der Waals surface area contributed by atoms with Crippen molar-refractivity contribution in [3.8, 4) is 39.5 Å². The number of rotatable bonds is 21. The molecule has 2 aliphatic heterocycles. The summed E-state index contributed by atoms with van der Waals surface area (Å²) in [6.07, 6.45) is 6.52. The molecule has 2 aliphatic carbocycles. The summed E-state index contributed by atoms with van der Waals surface area (Å²) in [7, 11) is 0. The van der Waals surface area contributed by atoms with Crippen LogP contribution < -0.4 is 14.2 Å². The molecular weight excluding hydrogens is 1440 g/mol. The molecule has 8 aromatic carbocycles. The molecule has 0 radical (unpaired) electrons. The monoisotopic (exact) mass is 1530 g/mol. The predicted molar refractivity (Wildman–Crippen MR) is 364 cm³/mol. The Kier molecular flexibility index (Phi) is 26.8. The van der Waals surface area contributed by atoms with Crippen LogP contribution in [0.1, 0.15) is 191 Å². The zero-order valence-electron chi connectivity index (χ0n) is 58.5. The van der Waals surface area contributed by atoms with E-state index in [1.807, 2.05) is 0 Å². The molecule has 4 unspecified atom stereocenters. The van der Waals surface area contributed by atoms with Gasteiger partial charge in [-0.3, -0.25) is 0 Å². The topological polar surface area (TPSA) is 46.2 Å². The number of alkyl halides is 6. The van der Waals surface area contributed by atoms with E-state index in [0.717, 1.165) is 106 Å². The molecular formula is C82H82F20O5. The Labute approximate surface area is 609 Å². The summed E-state index contributed by atoms with van der Waals surface area (Å²) in [6, 6.07) is 21.1. The zero-order chi connectivity index (χ0) is 77.2. The maximum absolute atomic E-state index is 14.8. The van der Waals surface area contributed by atoms with Gasteiger partial charge in [-0.05, 0) is 181 Å². The van der Waals surface area contributed by atoms with Gasteiger partial charge in [0.1, 0.15) is 57.5 Å². The molecule has 0 N–H and O–H groups in total. The van der Waals surface area contributed by atoms with Gasteiger partial charge < -0.3 is 23.7 Å². The molecule has 4 fully saturated rings. The molecule has 5 nitrogen and oxygen atoms in total. The van der Waals surface area contributed by atoms with E-state index in [4.69, 9.17) is 9.47 Å². The minimum absolute atomic E-state index is 0. The second kappa shape index (κ2) is 35.4. The Morgan fingerprint density at radius 3 is 1.04 bits per heavy atom. The maximum Gasteiger partial charge on any atom is 0.432 e. The van der Waals surface area contributed by atoms with E-state index in [-0.39, 0.29) is 56.4 Å². The van der Waals surface area contributed by atoms with Crippen molar-refractivity contribution in [2.24, 2.45) is 29.6 Å². The molecule has 25 heteroatoms. The molecule has 580 valence electrons. The van der Waals surface area contributed by atoms with E-state index < -0.39 is 134 Å². The van der Waals surface area contributed by atoms with Gasteiger partial charge in [-0.25, -0.2) is 61.5 Å². The maximum atomic E-state index is 14.8. The molecule has 0 aromatic heterocycles. The molecule has 0 bridgehead atoms. The van der Waals surface area contributed by atoms with Crippen LogP contribution in [0.5, 0.6) is 17.2 Å². The number of benzene rings is 8. The summed E-state index contributed by atoms with van der Waals surface area (Å²) in [4.78, 5) is 0. The first-order valence-corrected chi connectivity index (χ1v) is 35.7. The predicted octanol–water partition coefficient (Wildman–Crippen LogP) is 26.6. The van der Waals surface area contributed by atoms with Crippen LogP contribution in [0.15, 0.2) is 127 Å². The Morgan fingerprint density at radius 2 is 0.692 bits per heavy atom. The van der Waals surface area contributed by atoms with Crippen LogP contribution in [0.4, 0.5) is 87.8 Å². The number of hydrogen-bond acceptors (Lipinski definition) is 5. The summed E-state index contributed by atoms with van der Waals surface area (Å²) in [5.41, 5.74) is -1.28. The molecule has 2 saturated heterocycles. The van der Waals surface area contributed by atoms with Gasteiger partial charge in [-0.1, -0.05) is 120 Å². The number of unbranched alkanes of at least 4 members (excludes halogenated alkanes) is 1. The summed E-state index contributed by atoms with van der Waals surface area (Å²) in [5.74, 6) is -23.4. The van der Waals surface area contributed by atoms with E-state index in [0.29, 0.717) is 84.1 Å². The second-order valence-corrected chi connectivity index (χ2v) is 27.8. The number of halogens is 20. The first kappa shape index (κ1) is 81.2. The lowest BCUT2D eigenvalue weighted by molar-refractivity contribution is -0.190. The van der Waals surface area contributed by atoms with E-state index in [1.54, 1.807) is 48.5 Å². The molecule has 4 aliphatic rings. The molecule has 4 atom stereocenters. The van der Waals surface area contributed by atoms with Gasteiger partial charge in [-0.15, -0.1) is 0 Å². The average Bonchev–Trinajstić information content (AvgIpc) is 0.787. The summed E-state index contributed by atoms with van der Waals surface area (Å²) < 4.78 is 304. The third-order valence-corrected chi connectivity index (χ3v) is 20.6. The molecule has 2 heterocycles. The Bertz CT molecular complexity index is 4210. The SMILES string of the molecule is CCC1CCC(c2ccc(-c3cc(F)c(C(F)(F)Oc4cc(F)c(F)c(F)c4)c(F)c3)cc2)OC1.CCCC1CCC(c2ccc(-c3cc(F)c(C(F)(F)Oc4cc(F)c(F)c(F)c4)c(F)c3)cc2)OC1.CCCCC1CCC(C2CCC(c3ccc(C(F)(F)Oc4cc(F)c(F)c(F)c4)c(F)c3)CC2)CC1.[HH].[HH]. The average molecular weight is 1530 g/mol. The number of ether oxygens (including phenoxy) is 5. The van der Waals surface area contributed by atoms with Gasteiger partial charge >= 0.3 is 18.3 Å². The van der Waals surface area contributed by atoms with E-state index in [2.05, 4.69) is 35.0 Å². The van der Waals surface area contributed by atoms with Gasteiger partial charge in [-0.2, -0.15) is 26.3 Å². The van der Waals surface area contributed by atoms with Crippen molar-refractivity contribution >= 4 is 0 Å². The van der Waals surface area contributed by atoms with E-state index in [1.165, 1.54) is 51.0 Å². The highest BCUT2D eigenvalue weighted by Gasteiger charge is 2.44. The standard InChI is InChI=1S/C29H34F6O.C27H23F7O2.C26H21F7O2.2H2/c1-2-3-4-18-5-7-19(8-6-18)20-9-11-21(12-10-20)22-13-14-24(25(30)15-22)29(34,35)36-23-16-26(31)28(33)27(32)17-23;1-2-3-15-4-9-24(35-14-15)17-7-5-16(6-8-17)18-10-20(28)25(21(29)11-18)27(33,34)36-19-12-22(30)26(32)23(31)13-19;1-2-14-3-8-23(34-13-14)16-6-4-15(5-7-16)17-9-19(27)24(20(28)10-17)26(32,33)35-18-11-21(29)25(31)22(30)12-18;;/h13-21H,2-12H2,1H3;5-8,10-13,15,24H,2-4,9,14H2,1H3;4-7,9-12,14,23H,2-3,8,13H2,1H3;2*1H. The van der Waals surface area contributed by atoms with Crippen LogP contribution in [0, 0.1) is 111 Å². The van der Waals surface area contributed by atoms with Gasteiger partial charge in [0.25, 0.3) is 0 Å². The first-order valence-electron chi connectivity index (χ1n) is 35.7. The fourth-order valence-electron chi connectivity index (χ4n) is 14.7. The van der Waals surface area contributed by atoms with Crippen LogP contribution in [-0.2, 0) is 27.8 Å². The third-order valence-electron chi connectivity index (χ3n) is 20.6. The first-order chi connectivity index (χ1) is 50.8. The Morgan fingerprint density at radius 1 is 0.336 bits per heavy atom. The minimum atomic E-state index is -4.64. The van der Waals surface area contributed by atoms with Gasteiger partial charge in [0.2, 0.25) is 0 Å². The largest absolute Gasteiger partial charge is 0.432 e. The molecule has 8 aromatic rings. The van der Waals surface area contributed by atoms with Crippen molar-refractivity contribution in [1.29, 1.82) is 0 Å². The summed E-state index contributed by atoms with van der Waals surface area (Å²) in [6.45, 7) is 7.81. The molecule has 12 rings (SSSR count). The second-order valence-electron chi connectivity index (χ2n) is 27.8. The fraction of sp³-hybridized carbons (Fsp3) is 0.415. The lowest BCUT2D eigenvalue weighted by Crippen LogP contribution is -2.26. The third kappa shape index (κ3) is 20.1. The van der Waals surface area contributed by atoms with Crippen molar-refractivity contribution in [3.63, 3.8) is 0 Å². The van der Waals surface area contributed by atoms with Crippen LogP contribution in [-0.4, -0.2) is 13.2 Å². The van der Waals surface area contributed by atoms with Gasteiger partial charge in [0, 0.05) is 39.3 Å². The minimum Gasteiger partial charge on any atom is -0.429 e. The van der Waals surface area contributed by atoms with Crippen LogP contribution in [0.25, 0.3) is 22.3 Å². The van der Waals surface area contributed by atoms with Crippen molar-refractivity contribution in [2.45, 2.75) is 173 Å². The lowest BCUT2D eigenvalue weighted by Gasteiger charge is -2.38. The number of hydrogen-bond donors (Lipinski definition) is 0. The van der Waals surface area contributed by atoms with Crippen LogP contribution in [0.3, 0.4) is 0 Å². The normalized spacial score (nSPS) is 20.7. The van der Waals surface area contributed by atoms with Gasteiger partial charge in [0.15, 0.2) is 52.4 Å². The van der Waals surface area contributed by atoms with E-state index >= 15 is 0 Å². The molecule has 0 spiro atoms. The van der Waals surface area contributed by atoms with Gasteiger partial charge in [0.05, 0.1) is 31.0 Å². The quantitative estimate of drug-likeness (QED) is 0.0530. The molecule has 0 amide bonds. The lowest BCUT2D eigenvalue weighted by atomic mass is 9.68. The highest BCUT2D eigenvalue weighted by molar-refractivity contribution is 5.66. The van der Waals surface area contributed by atoms with Crippen molar-refractivity contribution < 1.29 is 114 Å². The van der Waals surface area contributed by atoms with E-state index in [9.17, 15) is 87.8 Å². The highest BCUT2D eigenvalue weighted by atomic mass is 19.3. The fourth-order valence-corrected chi connectivity index (χ4v) is 14.7. The smallest absolute Gasteiger partial charge is 0.429 e. The molecule has 107 heavy (non-hydrogen) atoms. The van der Waals surface area contributed by atoms with Crippen molar-refractivity contribution in [1.82, 2.24) is 0 Å². The van der Waals surface area contributed by atoms with Crippen molar-refractivity contribution in [3.05, 3.63) is 242 Å². The van der Waals surface area contributed by atoms with Crippen LogP contribution in [0.2, 0.25) is 0 Å². The van der Waals surface area contributed by atoms with Crippen LogP contribution >= 0.6 is 0 Å². The Hall–Kier alpha value is -8.32. The highest BCUT2D eigenvalue weighted by Crippen LogP contribution is 2.47. The Balaban J connectivity index is 0.000000204. The van der Waals surface area contributed by atoms with Crippen molar-refractivity contribution in [2.75, 3.05) is 13.2 Å².